The van der Waals surface area contributed by atoms with Crippen LogP contribution < -0.4 is 5.32 Å². The average molecular weight is 407 g/mol. The molecule has 0 aliphatic carbocycles. The molecule has 0 saturated carbocycles. The molecule has 0 atom stereocenters. The van der Waals surface area contributed by atoms with Gasteiger partial charge >= 0.3 is 0 Å². The highest BCUT2D eigenvalue weighted by Gasteiger charge is 2.22. The molecular formula is C19H27ClN6S. The molecule has 1 aliphatic rings. The van der Waals surface area contributed by atoms with Gasteiger partial charge in [-0.05, 0) is 51.0 Å². The number of aliphatic imine (C=N–C) groups is 1. The van der Waals surface area contributed by atoms with Crippen LogP contribution in [0.5, 0.6) is 0 Å². The number of piperidine rings is 1. The predicted octanol–water partition coefficient (Wildman–Crippen LogP) is 3.50. The van der Waals surface area contributed by atoms with E-state index in [1.165, 1.54) is 4.90 Å². The van der Waals surface area contributed by atoms with Crippen LogP contribution in [0.15, 0.2) is 34.2 Å². The highest BCUT2D eigenvalue weighted by atomic mass is 35.5. The lowest BCUT2D eigenvalue weighted by Crippen LogP contribution is -2.46. The Morgan fingerprint density at radius 2 is 1.96 bits per heavy atom. The summed E-state index contributed by atoms with van der Waals surface area (Å²) < 4.78 is 1.99. The lowest BCUT2D eigenvalue weighted by Gasteiger charge is -2.34. The van der Waals surface area contributed by atoms with Gasteiger partial charge < -0.3 is 14.8 Å². The minimum absolute atomic E-state index is 0.541. The van der Waals surface area contributed by atoms with Crippen molar-refractivity contribution in [1.29, 1.82) is 0 Å². The quantitative estimate of drug-likeness (QED) is 0.608. The van der Waals surface area contributed by atoms with Crippen molar-refractivity contribution >= 4 is 29.3 Å². The summed E-state index contributed by atoms with van der Waals surface area (Å²) in [5.41, 5.74) is 0. The Labute approximate surface area is 170 Å². The molecule has 8 heteroatoms. The minimum Gasteiger partial charge on any atom is -0.357 e. The zero-order chi connectivity index (χ0) is 19.2. The van der Waals surface area contributed by atoms with Crippen molar-refractivity contribution in [1.82, 2.24) is 25.0 Å². The van der Waals surface area contributed by atoms with Gasteiger partial charge in [-0.25, -0.2) is 4.99 Å². The number of nitrogens with one attached hydrogen (secondary N) is 1. The topological polar surface area (TPSA) is 58.3 Å². The molecule has 3 rings (SSSR count). The first-order valence-electron chi connectivity index (χ1n) is 9.37. The van der Waals surface area contributed by atoms with E-state index in [0.29, 0.717) is 11.8 Å². The molecule has 0 radical (unpaired) electrons. The van der Waals surface area contributed by atoms with E-state index < -0.39 is 0 Å². The van der Waals surface area contributed by atoms with E-state index in [9.17, 15) is 0 Å². The number of hydrogen-bond acceptors (Lipinski definition) is 4. The summed E-state index contributed by atoms with van der Waals surface area (Å²) in [4.78, 5) is 8.43. The number of thioether (sulfide) groups is 1. The second kappa shape index (κ2) is 9.46. The molecule has 0 bridgehead atoms. The Bertz CT molecular complexity index is 765. The van der Waals surface area contributed by atoms with Crippen LogP contribution in [0.2, 0.25) is 5.02 Å². The van der Waals surface area contributed by atoms with Gasteiger partial charge in [0.25, 0.3) is 0 Å². The highest BCUT2D eigenvalue weighted by Crippen LogP contribution is 2.31. The number of likely N-dealkylation sites (tertiary alicyclic amines) is 1. The van der Waals surface area contributed by atoms with Crippen molar-refractivity contribution in [2.24, 2.45) is 12.0 Å². The number of guanidine groups is 1. The SMILES string of the molecule is CCNC(=NCc1nnc(C)n1C)N1CCC(Sc2ccc(Cl)cc2)CC1. The first-order chi connectivity index (χ1) is 13.1. The molecule has 0 unspecified atom stereocenters. The first kappa shape index (κ1) is 20.0. The van der Waals surface area contributed by atoms with E-state index >= 15 is 0 Å². The summed E-state index contributed by atoms with van der Waals surface area (Å²) in [6, 6.07) is 8.13. The van der Waals surface area contributed by atoms with E-state index in [4.69, 9.17) is 16.6 Å². The lowest BCUT2D eigenvalue weighted by molar-refractivity contribution is 0.337. The summed E-state index contributed by atoms with van der Waals surface area (Å²) in [5, 5.41) is 13.1. The Balaban J connectivity index is 1.57. The van der Waals surface area contributed by atoms with Gasteiger partial charge in [0.15, 0.2) is 11.8 Å². The van der Waals surface area contributed by atoms with Crippen molar-refractivity contribution in [2.75, 3.05) is 19.6 Å². The fraction of sp³-hybridized carbons (Fsp3) is 0.526. The molecule has 2 aromatic rings. The summed E-state index contributed by atoms with van der Waals surface area (Å²) in [5.74, 6) is 2.76. The van der Waals surface area contributed by atoms with Crippen LogP contribution >= 0.6 is 23.4 Å². The number of aromatic nitrogens is 3. The van der Waals surface area contributed by atoms with Crippen LogP contribution in [-0.2, 0) is 13.6 Å². The van der Waals surface area contributed by atoms with Gasteiger partial charge in [0.1, 0.15) is 12.4 Å². The number of aryl methyl sites for hydroxylation is 1. The van der Waals surface area contributed by atoms with Crippen LogP contribution in [0, 0.1) is 6.92 Å². The molecule has 1 fully saturated rings. The maximum Gasteiger partial charge on any atom is 0.194 e. The molecule has 1 saturated heterocycles. The number of benzene rings is 1. The Morgan fingerprint density at radius 1 is 1.26 bits per heavy atom. The third-order valence-electron chi connectivity index (χ3n) is 4.75. The minimum atomic E-state index is 0.541. The standard InChI is InChI=1S/C19H27ClN6S/c1-4-21-19(22-13-18-24-23-14(2)25(18)3)26-11-9-17(10-12-26)27-16-7-5-15(20)6-8-16/h5-8,17H,4,9-13H2,1-3H3,(H,21,22). The molecule has 1 aliphatic heterocycles. The zero-order valence-electron chi connectivity index (χ0n) is 16.2. The van der Waals surface area contributed by atoms with Gasteiger partial charge in [0, 0.05) is 41.8 Å². The molecule has 6 nitrogen and oxygen atoms in total. The summed E-state index contributed by atoms with van der Waals surface area (Å²) in [7, 11) is 1.98. The van der Waals surface area contributed by atoms with E-state index in [-0.39, 0.29) is 0 Å². The zero-order valence-corrected chi connectivity index (χ0v) is 17.7. The number of nitrogens with zero attached hydrogens (tertiary/aromatic N) is 5. The molecule has 2 heterocycles. The lowest BCUT2D eigenvalue weighted by atomic mass is 10.1. The maximum absolute atomic E-state index is 5.98. The third-order valence-corrected chi connectivity index (χ3v) is 6.35. The molecule has 1 aromatic carbocycles. The number of halogens is 1. The van der Waals surface area contributed by atoms with Gasteiger partial charge in [0.2, 0.25) is 0 Å². The van der Waals surface area contributed by atoms with Crippen LogP contribution in [0.25, 0.3) is 0 Å². The molecule has 1 N–H and O–H groups in total. The van der Waals surface area contributed by atoms with E-state index in [2.05, 4.69) is 39.5 Å². The maximum atomic E-state index is 5.98. The normalized spacial score (nSPS) is 16.0. The van der Waals surface area contributed by atoms with Gasteiger partial charge in [-0.1, -0.05) is 11.6 Å². The van der Waals surface area contributed by atoms with Gasteiger partial charge in [-0.3, -0.25) is 0 Å². The summed E-state index contributed by atoms with van der Waals surface area (Å²) >= 11 is 7.93. The van der Waals surface area contributed by atoms with Crippen molar-refractivity contribution in [3.05, 3.63) is 40.9 Å². The second-order valence-corrected chi connectivity index (χ2v) is 8.46. The fourth-order valence-corrected chi connectivity index (χ4v) is 4.30. The number of rotatable bonds is 5. The van der Waals surface area contributed by atoms with E-state index in [1.807, 2.05) is 42.4 Å². The van der Waals surface area contributed by atoms with Gasteiger partial charge in [-0.2, -0.15) is 0 Å². The first-order valence-corrected chi connectivity index (χ1v) is 10.6. The van der Waals surface area contributed by atoms with Crippen molar-refractivity contribution in [3.8, 4) is 0 Å². The largest absolute Gasteiger partial charge is 0.357 e. The Morgan fingerprint density at radius 3 is 2.56 bits per heavy atom. The Kier molecular flexibility index (Phi) is 7.01. The molecule has 146 valence electrons. The fourth-order valence-electron chi connectivity index (χ4n) is 3.05. The highest BCUT2D eigenvalue weighted by molar-refractivity contribution is 8.00. The van der Waals surface area contributed by atoms with Crippen molar-refractivity contribution in [2.45, 2.75) is 43.4 Å². The molecule has 27 heavy (non-hydrogen) atoms. The van der Waals surface area contributed by atoms with Gasteiger partial charge in [0.05, 0.1) is 0 Å². The number of hydrogen-bond donors (Lipinski definition) is 1. The monoisotopic (exact) mass is 406 g/mol. The summed E-state index contributed by atoms with van der Waals surface area (Å²) in [6.07, 6.45) is 2.28. The average Bonchev–Trinajstić information content (AvgIpc) is 3.00. The van der Waals surface area contributed by atoms with Crippen LogP contribution in [0.3, 0.4) is 0 Å². The molecule has 0 spiro atoms. The van der Waals surface area contributed by atoms with Crippen LogP contribution in [0.1, 0.15) is 31.4 Å². The van der Waals surface area contributed by atoms with Crippen molar-refractivity contribution < 1.29 is 0 Å². The van der Waals surface area contributed by atoms with Crippen LogP contribution in [-0.4, -0.2) is 50.5 Å². The predicted molar refractivity (Wildman–Crippen MR) is 112 cm³/mol. The molecular weight excluding hydrogens is 380 g/mol. The van der Waals surface area contributed by atoms with Crippen LogP contribution in [0.4, 0.5) is 0 Å². The Hall–Kier alpha value is -1.73. The second-order valence-electron chi connectivity index (χ2n) is 6.65. The smallest absolute Gasteiger partial charge is 0.194 e. The van der Waals surface area contributed by atoms with E-state index in [0.717, 1.165) is 55.1 Å². The van der Waals surface area contributed by atoms with Crippen molar-refractivity contribution in [3.63, 3.8) is 0 Å². The van der Waals surface area contributed by atoms with Gasteiger partial charge in [-0.15, -0.1) is 22.0 Å². The third kappa shape index (κ3) is 5.39. The van der Waals surface area contributed by atoms with E-state index in [1.54, 1.807) is 0 Å². The molecule has 1 aromatic heterocycles. The molecule has 0 amide bonds. The summed E-state index contributed by atoms with van der Waals surface area (Å²) in [6.45, 7) is 7.47.